The number of rotatable bonds is 3. The number of aliphatic carboxylic acids is 1. The number of likely N-dealkylation sites (tertiary alicyclic amines) is 1. The van der Waals surface area contributed by atoms with E-state index < -0.39 is 5.97 Å². The quantitative estimate of drug-likeness (QED) is 0.878. The van der Waals surface area contributed by atoms with Crippen molar-refractivity contribution in [3.63, 3.8) is 0 Å². The van der Waals surface area contributed by atoms with E-state index in [4.69, 9.17) is 5.11 Å². The SMILES string of the molecule is CC(c1cscn1)N1CCC(C(=O)O)C1C. The zero-order chi connectivity index (χ0) is 11.7. The molecule has 1 aromatic heterocycles. The van der Waals surface area contributed by atoms with E-state index in [-0.39, 0.29) is 18.0 Å². The third kappa shape index (κ3) is 1.97. The molecule has 0 bridgehead atoms. The van der Waals surface area contributed by atoms with E-state index >= 15 is 0 Å². The fraction of sp³-hybridized carbons (Fsp3) is 0.636. The van der Waals surface area contributed by atoms with Gasteiger partial charge in [-0.1, -0.05) is 0 Å². The van der Waals surface area contributed by atoms with Gasteiger partial charge in [0.05, 0.1) is 23.2 Å². The minimum atomic E-state index is -0.680. The molecule has 1 aromatic rings. The summed E-state index contributed by atoms with van der Waals surface area (Å²) in [6, 6.07) is 0.305. The standard InChI is InChI=1S/C11H16N2O2S/c1-7-9(11(14)15)3-4-13(7)8(2)10-5-16-6-12-10/h5-9H,3-4H2,1-2H3,(H,14,15). The molecule has 0 spiro atoms. The van der Waals surface area contributed by atoms with Crippen LogP contribution in [0.2, 0.25) is 0 Å². The van der Waals surface area contributed by atoms with E-state index in [1.54, 1.807) is 11.3 Å². The molecule has 4 nitrogen and oxygen atoms in total. The van der Waals surface area contributed by atoms with Crippen LogP contribution in [0.4, 0.5) is 0 Å². The Morgan fingerprint density at radius 1 is 1.75 bits per heavy atom. The molecule has 1 fully saturated rings. The fourth-order valence-corrected chi connectivity index (χ4v) is 3.08. The molecule has 2 heterocycles. The summed E-state index contributed by atoms with van der Waals surface area (Å²) in [5.74, 6) is -0.915. The summed E-state index contributed by atoms with van der Waals surface area (Å²) in [6.45, 7) is 4.93. The molecule has 3 unspecified atom stereocenters. The molecule has 16 heavy (non-hydrogen) atoms. The van der Waals surface area contributed by atoms with E-state index in [1.165, 1.54) is 0 Å². The van der Waals surface area contributed by atoms with Gasteiger partial charge in [0.1, 0.15) is 0 Å². The summed E-state index contributed by atoms with van der Waals surface area (Å²) < 4.78 is 0. The topological polar surface area (TPSA) is 53.4 Å². The van der Waals surface area contributed by atoms with Crippen LogP contribution in [-0.4, -0.2) is 33.5 Å². The first kappa shape index (κ1) is 11.5. The average molecular weight is 240 g/mol. The van der Waals surface area contributed by atoms with Crippen molar-refractivity contribution in [3.05, 3.63) is 16.6 Å². The van der Waals surface area contributed by atoms with E-state index in [1.807, 2.05) is 17.8 Å². The molecule has 1 aliphatic heterocycles. The van der Waals surface area contributed by atoms with Gasteiger partial charge in [0.25, 0.3) is 0 Å². The lowest BCUT2D eigenvalue weighted by molar-refractivity contribution is -0.142. The highest BCUT2D eigenvalue weighted by molar-refractivity contribution is 7.07. The summed E-state index contributed by atoms with van der Waals surface area (Å²) in [5.41, 5.74) is 2.87. The minimum absolute atomic E-state index is 0.0919. The molecular weight excluding hydrogens is 224 g/mol. The second-order valence-electron chi connectivity index (χ2n) is 4.30. The first-order valence-corrected chi connectivity index (χ1v) is 6.42. The molecule has 0 aromatic carbocycles. The lowest BCUT2D eigenvalue weighted by atomic mass is 10.0. The highest BCUT2D eigenvalue weighted by atomic mass is 32.1. The molecule has 0 amide bonds. The number of nitrogens with zero attached hydrogens (tertiary/aromatic N) is 2. The maximum Gasteiger partial charge on any atom is 0.308 e. The van der Waals surface area contributed by atoms with Gasteiger partial charge in [-0.3, -0.25) is 9.69 Å². The molecular formula is C11H16N2O2S. The third-order valence-electron chi connectivity index (χ3n) is 3.50. The number of thiazole rings is 1. The first-order valence-electron chi connectivity index (χ1n) is 5.48. The summed E-state index contributed by atoms with van der Waals surface area (Å²) in [7, 11) is 0. The molecule has 1 N–H and O–H groups in total. The Kier molecular flexibility index (Phi) is 3.25. The summed E-state index contributed by atoms with van der Waals surface area (Å²) in [5, 5.41) is 11.1. The molecule has 1 aliphatic rings. The maximum absolute atomic E-state index is 11.0. The predicted octanol–water partition coefficient (Wildman–Crippen LogP) is 2.00. The monoisotopic (exact) mass is 240 g/mol. The van der Waals surface area contributed by atoms with Gasteiger partial charge in [0.15, 0.2) is 0 Å². The van der Waals surface area contributed by atoms with Crippen molar-refractivity contribution in [1.82, 2.24) is 9.88 Å². The second kappa shape index (κ2) is 4.51. The van der Waals surface area contributed by atoms with Crippen LogP contribution < -0.4 is 0 Å². The van der Waals surface area contributed by atoms with Crippen molar-refractivity contribution in [3.8, 4) is 0 Å². The Balaban J connectivity index is 2.09. The molecule has 0 aliphatic carbocycles. The van der Waals surface area contributed by atoms with Crippen LogP contribution in [0.25, 0.3) is 0 Å². The van der Waals surface area contributed by atoms with Crippen molar-refractivity contribution in [1.29, 1.82) is 0 Å². The van der Waals surface area contributed by atoms with Crippen LogP contribution in [0.15, 0.2) is 10.9 Å². The number of carbonyl (C=O) groups is 1. The Labute approximate surface area is 98.9 Å². The van der Waals surface area contributed by atoms with Crippen molar-refractivity contribution in [2.75, 3.05) is 6.54 Å². The molecule has 2 rings (SSSR count). The summed E-state index contributed by atoms with van der Waals surface area (Å²) in [6.07, 6.45) is 0.741. The van der Waals surface area contributed by atoms with Gasteiger partial charge in [-0.15, -0.1) is 11.3 Å². The zero-order valence-electron chi connectivity index (χ0n) is 9.46. The Hall–Kier alpha value is -0.940. The fourth-order valence-electron chi connectivity index (χ4n) is 2.44. The van der Waals surface area contributed by atoms with Crippen molar-refractivity contribution < 1.29 is 9.90 Å². The molecule has 5 heteroatoms. The van der Waals surface area contributed by atoms with Crippen molar-refractivity contribution in [2.24, 2.45) is 5.92 Å². The maximum atomic E-state index is 11.0. The average Bonchev–Trinajstić information content (AvgIpc) is 2.84. The van der Waals surface area contributed by atoms with Gasteiger partial charge in [-0.25, -0.2) is 4.98 Å². The predicted molar refractivity (Wildman–Crippen MR) is 62.4 cm³/mol. The molecule has 0 saturated carbocycles. The van der Waals surface area contributed by atoms with Crippen LogP contribution in [-0.2, 0) is 4.79 Å². The van der Waals surface area contributed by atoms with E-state index in [9.17, 15) is 4.79 Å². The lowest BCUT2D eigenvalue weighted by Crippen LogP contribution is -2.35. The van der Waals surface area contributed by atoms with Crippen LogP contribution in [0.5, 0.6) is 0 Å². The van der Waals surface area contributed by atoms with Gasteiger partial charge >= 0.3 is 5.97 Å². The van der Waals surface area contributed by atoms with Gasteiger partial charge < -0.3 is 5.11 Å². The van der Waals surface area contributed by atoms with Crippen LogP contribution in [0, 0.1) is 5.92 Å². The third-order valence-corrected chi connectivity index (χ3v) is 4.10. The smallest absolute Gasteiger partial charge is 0.308 e. The Bertz CT molecular complexity index is 366. The van der Waals surface area contributed by atoms with E-state index in [0.717, 1.165) is 18.7 Å². The Morgan fingerprint density at radius 3 is 3.00 bits per heavy atom. The summed E-state index contributed by atoms with van der Waals surface area (Å²) >= 11 is 1.58. The number of carboxylic acids is 1. The van der Waals surface area contributed by atoms with E-state index in [0.29, 0.717) is 0 Å². The molecule has 88 valence electrons. The van der Waals surface area contributed by atoms with Crippen LogP contribution >= 0.6 is 11.3 Å². The van der Waals surface area contributed by atoms with Gasteiger partial charge in [-0.2, -0.15) is 0 Å². The highest BCUT2D eigenvalue weighted by Gasteiger charge is 2.38. The van der Waals surface area contributed by atoms with Gasteiger partial charge in [0.2, 0.25) is 0 Å². The van der Waals surface area contributed by atoms with E-state index in [2.05, 4.69) is 16.8 Å². The Morgan fingerprint density at radius 2 is 2.50 bits per heavy atom. The van der Waals surface area contributed by atoms with Gasteiger partial charge in [0, 0.05) is 11.4 Å². The normalized spacial score (nSPS) is 28.1. The van der Waals surface area contributed by atoms with Crippen LogP contribution in [0.3, 0.4) is 0 Å². The zero-order valence-corrected chi connectivity index (χ0v) is 10.3. The molecule has 3 atom stereocenters. The number of hydrogen-bond donors (Lipinski definition) is 1. The van der Waals surface area contributed by atoms with Crippen molar-refractivity contribution >= 4 is 17.3 Å². The summed E-state index contributed by atoms with van der Waals surface area (Å²) in [4.78, 5) is 17.6. The lowest BCUT2D eigenvalue weighted by Gasteiger charge is -2.28. The number of carboxylic acid groups (broad SMARTS) is 1. The van der Waals surface area contributed by atoms with Gasteiger partial charge in [-0.05, 0) is 26.8 Å². The highest BCUT2D eigenvalue weighted by Crippen LogP contribution is 2.32. The minimum Gasteiger partial charge on any atom is -0.481 e. The molecule has 1 saturated heterocycles. The number of hydrogen-bond acceptors (Lipinski definition) is 4. The number of aromatic nitrogens is 1. The largest absolute Gasteiger partial charge is 0.481 e. The van der Waals surface area contributed by atoms with Crippen LogP contribution in [0.1, 0.15) is 32.0 Å². The van der Waals surface area contributed by atoms with Crippen molar-refractivity contribution in [2.45, 2.75) is 32.4 Å². The second-order valence-corrected chi connectivity index (χ2v) is 5.02. The first-order chi connectivity index (χ1) is 7.61. The molecule has 0 radical (unpaired) electrons.